The third kappa shape index (κ3) is 3.39. The van der Waals surface area contributed by atoms with Crippen LogP contribution in [0.2, 0.25) is 0 Å². The van der Waals surface area contributed by atoms with E-state index in [9.17, 15) is 0 Å². The third-order valence-electron chi connectivity index (χ3n) is 6.00. The number of fused-ring (bicyclic) bond motifs is 1. The number of hydrogen-bond acceptors (Lipinski definition) is 7. The first-order chi connectivity index (χ1) is 13.8. The van der Waals surface area contributed by atoms with Gasteiger partial charge >= 0.3 is 0 Å². The molecule has 0 spiro atoms. The van der Waals surface area contributed by atoms with E-state index >= 15 is 0 Å². The Balaban J connectivity index is 1.16. The van der Waals surface area contributed by atoms with Gasteiger partial charge < -0.3 is 9.64 Å². The van der Waals surface area contributed by atoms with Gasteiger partial charge in [0.25, 0.3) is 0 Å². The standard InChI is InChI=1S/C20H25N7O/c1-14-23-24-18-5-6-19(25-27(14)18)26-9-7-15(8-10-26)12-28-20-11-17(21-13-22-20)16-3-2-4-16/h5-6,11,13,15-16H,2-4,7-10,12H2,1H3. The number of hydrogen-bond donors (Lipinski definition) is 0. The van der Waals surface area contributed by atoms with Crippen molar-refractivity contribution >= 4 is 11.5 Å². The molecule has 146 valence electrons. The number of ether oxygens (including phenoxy) is 1. The van der Waals surface area contributed by atoms with E-state index in [1.165, 1.54) is 19.3 Å². The lowest BCUT2D eigenvalue weighted by atomic mass is 9.83. The molecule has 3 aromatic rings. The molecule has 2 aliphatic rings. The fraction of sp³-hybridized carbons (Fsp3) is 0.550. The van der Waals surface area contributed by atoms with Crippen LogP contribution in [0.4, 0.5) is 5.82 Å². The zero-order valence-electron chi connectivity index (χ0n) is 16.2. The fourth-order valence-electron chi connectivity index (χ4n) is 3.95. The zero-order chi connectivity index (χ0) is 18.9. The first kappa shape index (κ1) is 17.3. The summed E-state index contributed by atoms with van der Waals surface area (Å²) in [5, 5.41) is 12.9. The third-order valence-corrected chi connectivity index (χ3v) is 6.00. The minimum absolute atomic E-state index is 0.541. The summed E-state index contributed by atoms with van der Waals surface area (Å²) in [6.45, 7) is 4.59. The number of anilines is 1. The molecular weight excluding hydrogens is 354 g/mol. The molecule has 8 nitrogen and oxygen atoms in total. The number of nitrogens with zero attached hydrogens (tertiary/aromatic N) is 7. The van der Waals surface area contributed by atoms with Crippen molar-refractivity contribution in [3.63, 3.8) is 0 Å². The minimum Gasteiger partial charge on any atom is -0.477 e. The molecule has 0 aromatic carbocycles. The summed E-state index contributed by atoms with van der Waals surface area (Å²) in [5.74, 6) is 3.66. The van der Waals surface area contributed by atoms with Gasteiger partial charge in [-0.25, -0.2) is 9.97 Å². The van der Waals surface area contributed by atoms with Gasteiger partial charge in [0.1, 0.15) is 12.1 Å². The molecule has 5 rings (SSSR count). The summed E-state index contributed by atoms with van der Waals surface area (Å²) in [6, 6.07) is 6.04. The predicted octanol–water partition coefficient (Wildman–Crippen LogP) is 2.79. The van der Waals surface area contributed by atoms with Gasteiger partial charge in [-0.05, 0) is 50.7 Å². The van der Waals surface area contributed by atoms with Crippen LogP contribution in [-0.4, -0.2) is 49.5 Å². The molecule has 0 N–H and O–H groups in total. The van der Waals surface area contributed by atoms with Gasteiger partial charge in [-0.15, -0.1) is 15.3 Å². The van der Waals surface area contributed by atoms with Gasteiger partial charge in [0.05, 0.1) is 12.3 Å². The van der Waals surface area contributed by atoms with E-state index in [0.29, 0.717) is 18.4 Å². The van der Waals surface area contributed by atoms with E-state index in [0.717, 1.165) is 54.8 Å². The Morgan fingerprint density at radius 3 is 2.71 bits per heavy atom. The quantitative estimate of drug-likeness (QED) is 0.674. The molecule has 28 heavy (non-hydrogen) atoms. The van der Waals surface area contributed by atoms with Crippen LogP contribution >= 0.6 is 0 Å². The van der Waals surface area contributed by atoms with Crippen molar-refractivity contribution < 1.29 is 4.74 Å². The highest BCUT2D eigenvalue weighted by atomic mass is 16.5. The van der Waals surface area contributed by atoms with Crippen molar-refractivity contribution in [3.8, 4) is 5.88 Å². The highest BCUT2D eigenvalue weighted by Crippen LogP contribution is 2.35. The van der Waals surface area contributed by atoms with Crippen molar-refractivity contribution in [3.05, 3.63) is 36.0 Å². The second-order valence-corrected chi connectivity index (χ2v) is 7.86. The van der Waals surface area contributed by atoms with Gasteiger partial charge in [-0.1, -0.05) is 6.42 Å². The van der Waals surface area contributed by atoms with Crippen LogP contribution in [0, 0.1) is 12.8 Å². The summed E-state index contributed by atoms with van der Waals surface area (Å²) in [5.41, 5.74) is 1.92. The van der Waals surface area contributed by atoms with Gasteiger partial charge in [-0.3, -0.25) is 0 Å². The molecule has 0 atom stereocenters. The Bertz CT molecular complexity index is 960. The van der Waals surface area contributed by atoms with Crippen LogP contribution in [0.5, 0.6) is 5.88 Å². The van der Waals surface area contributed by atoms with Gasteiger partial charge in [0.15, 0.2) is 11.5 Å². The molecule has 1 aliphatic heterocycles. The SMILES string of the molecule is Cc1nnc2ccc(N3CCC(COc4cc(C5CCC5)ncn4)CC3)nn12. The number of piperidine rings is 1. The normalized spacial score (nSPS) is 18.4. The maximum Gasteiger partial charge on any atom is 0.216 e. The van der Waals surface area contributed by atoms with Crippen molar-refractivity contribution in [1.82, 2.24) is 29.8 Å². The van der Waals surface area contributed by atoms with E-state index < -0.39 is 0 Å². The molecule has 8 heteroatoms. The summed E-state index contributed by atoms with van der Waals surface area (Å²) in [7, 11) is 0. The molecule has 1 saturated heterocycles. The molecule has 0 amide bonds. The largest absolute Gasteiger partial charge is 0.477 e. The van der Waals surface area contributed by atoms with E-state index in [-0.39, 0.29) is 0 Å². The van der Waals surface area contributed by atoms with Crippen LogP contribution in [-0.2, 0) is 0 Å². The topological polar surface area (TPSA) is 81.3 Å². The zero-order valence-corrected chi connectivity index (χ0v) is 16.2. The number of rotatable bonds is 5. The Kier molecular flexibility index (Phi) is 4.54. The lowest BCUT2D eigenvalue weighted by Gasteiger charge is -2.32. The molecule has 0 radical (unpaired) electrons. The monoisotopic (exact) mass is 379 g/mol. The van der Waals surface area contributed by atoms with Crippen LogP contribution < -0.4 is 9.64 Å². The predicted molar refractivity (Wildman–Crippen MR) is 105 cm³/mol. The second-order valence-electron chi connectivity index (χ2n) is 7.86. The van der Waals surface area contributed by atoms with Crippen LogP contribution in [0.25, 0.3) is 5.65 Å². The van der Waals surface area contributed by atoms with Crippen molar-refractivity contribution in [2.24, 2.45) is 5.92 Å². The Morgan fingerprint density at radius 1 is 1.07 bits per heavy atom. The van der Waals surface area contributed by atoms with Crippen molar-refractivity contribution in [2.75, 3.05) is 24.6 Å². The number of aromatic nitrogens is 6. The maximum atomic E-state index is 6.00. The molecule has 1 saturated carbocycles. The van der Waals surface area contributed by atoms with Gasteiger partial charge in [-0.2, -0.15) is 4.52 Å². The molecule has 4 heterocycles. The summed E-state index contributed by atoms with van der Waals surface area (Å²) >= 11 is 0. The van der Waals surface area contributed by atoms with E-state index in [4.69, 9.17) is 4.74 Å². The maximum absolute atomic E-state index is 6.00. The average molecular weight is 379 g/mol. The van der Waals surface area contributed by atoms with Crippen LogP contribution in [0.3, 0.4) is 0 Å². The van der Waals surface area contributed by atoms with E-state index in [1.54, 1.807) is 10.8 Å². The minimum atomic E-state index is 0.541. The van der Waals surface area contributed by atoms with Crippen LogP contribution in [0.1, 0.15) is 49.5 Å². The summed E-state index contributed by atoms with van der Waals surface area (Å²) in [6.07, 6.45) is 7.60. The molecule has 1 aliphatic carbocycles. The summed E-state index contributed by atoms with van der Waals surface area (Å²) < 4.78 is 7.81. The molecule has 3 aromatic heterocycles. The molecule has 2 fully saturated rings. The molecule has 0 unspecified atom stereocenters. The first-order valence-corrected chi connectivity index (χ1v) is 10.1. The van der Waals surface area contributed by atoms with Crippen molar-refractivity contribution in [1.29, 1.82) is 0 Å². The van der Waals surface area contributed by atoms with Crippen LogP contribution in [0.15, 0.2) is 24.5 Å². The molecular formula is C20H25N7O. The highest BCUT2D eigenvalue weighted by Gasteiger charge is 2.23. The lowest BCUT2D eigenvalue weighted by molar-refractivity contribution is 0.215. The smallest absolute Gasteiger partial charge is 0.216 e. The van der Waals surface area contributed by atoms with Gasteiger partial charge in [0.2, 0.25) is 5.88 Å². The Morgan fingerprint density at radius 2 is 1.93 bits per heavy atom. The van der Waals surface area contributed by atoms with E-state index in [2.05, 4.69) is 30.2 Å². The lowest BCUT2D eigenvalue weighted by Crippen LogP contribution is -2.36. The summed E-state index contributed by atoms with van der Waals surface area (Å²) in [4.78, 5) is 11.0. The average Bonchev–Trinajstić information content (AvgIpc) is 3.06. The highest BCUT2D eigenvalue weighted by molar-refractivity contribution is 5.45. The first-order valence-electron chi connectivity index (χ1n) is 10.1. The number of aryl methyl sites for hydroxylation is 1. The Hall–Kier alpha value is -2.77. The Labute approximate surface area is 164 Å². The van der Waals surface area contributed by atoms with E-state index in [1.807, 2.05) is 25.1 Å². The second kappa shape index (κ2) is 7.33. The van der Waals surface area contributed by atoms with Crippen molar-refractivity contribution in [2.45, 2.75) is 44.9 Å². The van der Waals surface area contributed by atoms with Gasteiger partial charge in [0, 0.05) is 25.1 Å². The fourth-order valence-corrected chi connectivity index (χ4v) is 3.95. The molecule has 0 bridgehead atoms.